The minimum Gasteiger partial charge on any atom is -0.356 e. The van der Waals surface area contributed by atoms with Crippen LogP contribution in [0.1, 0.15) is 41.3 Å². The lowest BCUT2D eigenvalue weighted by atomic mass is 9.94. The minimum absolute atomic E-state index is 0.0639. The van der Waals surface area contributed by atoms with Crippen LogP contribution < -0.4 is 16.0 Å². The van der Waals surface area contributed by atoms with Gasteiger partial charge < -0.3 is 16.0 Å². The van der Waals surface area contributed by atoms with Crippen LogP contribution in [0.3, 0.4) is 0 Å². The van der Waals surface area contributed by atoms with E-state index in [2.05, 4.69) is 59.1 Å². The zero-order valence-electron chi connectivity index (χ0n) is 16.6. The SMILES string of the molecule is CN=C(NCCc1cccc(C(=O)NC)c1)NC(C)C(C)c1ccccc1. The van der Waals surface area contributed by atoms with Gasteiger partial charge in [0.25, 0.3) is 5.91 Å². The lowest BCUT2D eigenvalue weighted by molar-refractivity contribution is 0.0963. The number of rotatable bonds is 7. The lowest BCUT2D eigenvalue weighted by Gasteiger charge is -2.24. The van der Waals surface area contributed by atoms with Crippen molar-refractivity contribution in [3.8, 4) is 0 Å². The molecule has 0 saturated heterocycles. The van der Waals surface area contributed by atoms with Gasteiger partial charge in [0.1, 0.15) is 0 Å². The fourth-order valence-corrected chi connectivity index (χ4v) is 2.92. The van der Waals surface area contributed by atoms with Gasteiger partial charge in [-0.15, -0.1) is 0 Å². The van der Waals surface area contributed by atoms with Crippen LogP contribution in [0.5, 0.6) is 0 Å². The Morgan fingerprint density at radius 1 is 1.07 bits per heavy atom. The second-order valence-corrected chi connectivity index (χ2v) is 6.66. The maximum atomic E-state index is 11.7. The third-order valence-corrected chi connectivity index (χ3v) is 4.79. The Morgan fingerprint density at radius 2 is 1.81 bits per heavy atom. The van der Waals surface area contributed by atoms with E-state index in [1.165, 1.54) is 5.56 Å². The van der Waals surface area contributed by atoms with Crippen LogP contribution in [0.15, 0.2) is 59.6 Å². The molecule has 2 rings (SSSR count). The Bertz CT molecular complexity index is 758. The molecule has 0 aliphatic carbocycles. The van der Waals surface area contributed by atoms with Crippen LogP contribution in [0.2, 0.25) is 0 Å². The van der Waals surface area contributed by atoms with Crippen molar-refractivity contribution in [2.24, 2.45) is 4.99 Å². The van der Waals surface area contributed by atoms with Crippen molar-refractivity contribution in [1.29, 1.82) is 0 Å². The molecule has 2 aromatic carbocycles. The maximum Gasteiger partial charge on any atom is 0.251 e. The van der Waals surface area contributed by atoms with Gasteiger partial charge >= 0.3 is 0 Å². The molecule has 5 nitrogen and oxygen atoms in total. The Labute approximate surface area is 162 Å². The highest BCUT2D eigenvalue weighted by Crippen LogP contribution is 2.18. The van der Waals surface area contributed by atoms with Crippen molar-refractivity contribution in [3.05, 3.63) is 71.3 Å². The van der Waals surface area contributed by atoms with Crippen molar-refractivity contribution in [3.63, 3.8) is 0 Å². The van der Waals surface area contributed by atoms with Gasteiger partial charge in [-0.25, -0.2) is 0 Å². The fourth-order valence-electron chi connectivity index (χ4n) is 2.92. The molecule has 0 radical (unpaired) electrons. The predicted octanol–water partition coefficient (Wildman–Crippen LogP) is 2.95. The van der Waals surface area contributed by atoms with Gasteiger partial charge in [0.05, 0.1) is 0 Å². The molecule has 0 aliphatic heterocycles. The molecule has 3 N–H and O–H groups in total. The predicted molar refractivity (Wildman–Crippen MR) is 112 cm³/mol. The first kappa shape index (κ1) is 20.5. The molecule has 27 heavy (non-hydrogen) atoms. The molecule has 2 atom stereocenters. The van der Waals surface area contributed by atoms with E-state index >= 15 is 0 Å². The van der Waals surface area contributed by atoms with E-state index in [9.17, 15) is 4.79 Å². The summed E-state index contributed by atoms with van der Waals surface area (Å²) in [5.74, 6) is 1.09. The van der Waals surface area contributed by atoms with Crippen molar-refractivity contribution < 1.29 is 4.79 Å². The fraction of sp³-hybridized carbons (Fsp3) is 0.364. The zero-order chi connectivity index (χ0) is 19.6. The maximum absolute atomic E-state index is 11.7. The van der Waals surface area contributed by atoms with E-state index in [1.54, 1.807) is 14.1 Å². The van der Waals surface area contributed by atoms with Crippen LogP contribution in [-0.4, -0.2) is 38.5 Å². The third kappa shape index (κ3) is 6.13. The summed E-state index contributed by atoms with van der Waals surface area (Å²) in [4.78, 5) is 16.1. The largest absolute Gasteiger partial charge is 0.356 e. The van der Waals surface area contributed by atoms with Crippen molar-refractivity contribution in [1.82, 2.24) is 16.0 Å². The summed E-state index contributed by atoms with van der Waals surface area (Å²) in [6.07, 6.45) is 0.814. The summed E-state index contributed by atoms with van der Waals surface area (Å²) in [7, 11) is 3.42. The quantitative estimate of drug-likeness (QED) is 0.521. The summed E-state index contributed by atoms with van der Waals surface area (Å²) >= 11 is 0. The average Bonchev–Trinajstić information content (AvgIpc) is 2.72. The Hall–Kier alpha value is -2.82. The molecule has 1 amide bonds. The Morgan fingerprint density at radius 3 is 2.48 bits per heavy atom. The number of amides is 1. The van der Waals surface area contributed by atoms with E-state index in [-0.39, 0.29) is 11.9 Å². The number of carbonyl (C=O) groups is 1. The van der Waals surface area contributed by atoms with E-state index < -0.39 is 0 Å². The molecule has 0 saturated carbocycles. The first-order chi connectivity index (χ1) is 13.0. The number of hydrogen-bond acceptors (Lipinski definition) is 2. The number of nitrogens with zero attached hydrogens (tertiary/aromatic N) is 1. The van der Waals surface area contributed by atoms with Crippen molar-refractivity contribution >= 4 is 11.9 Å². The van der Waals surface area contributed by atoms with Gasteiger partial charge in [-0.05, 0) is 36.6 Å². The Kier molecular flexibility index (Phi) is 7.86. The van der Waals surface area contributed by atoms with Crippen LogP contribution in [-0.2, 0) is 6.42 Å². The first-order valence-corrected chi connectivity index (χ1v) is 9.38. The molecule has 0 heterocycles. The molecule has 0 aromatic heterocycles. The molecule has 0 fully saturated rings. The van der Waals surface area contributed by atoms with E-state index in [1.807, 2.05) is 30.3 Å². The summed E-state index contributed by atoms with van der Waals surface area (Å²) in [5, 5.41) is 9.47. The van der Waals surface area contributed by atoms with E-state index in [4.69, 9.17) is 0 Å². The van der Waals surface area contributed by atoms with Gasteiger partial charge in [0, 0.05) is 38.2 Å². The molecular formula is C22H30N4O. The standard InChI is InChI=1S/C22H30N4O/c1-16(19-10-6-5-7-11-19)17(2)26-22(24-4)25-14-13-18-9-8-12-20(15-18)21(27)23-3/h5-12,15-17H,13-14H2,1-4H3,(H,23,27)(H2,24,25,26). The molecule has 0 bridgehead atoms. The van der Waals surface area contributed by atoms with Crippen LogP contribution in [0, 0.1) is 0 Å². The smallest absolute Gasteiger partial charge is 0.251 e. The summed E-state index contributed by atoms with van der Waals surface area (Å²) in [5.41, 5.74) is 3.10. The Balaban J connectivity index is 1.86. The topological polar surface area (TPSA) is 65.5 Å². The number of aliphatic imine (C=N–C) groups is 1. The van der Waals surface area contributed by atoms with Crippen molar-refractivity contribution in [2.75, 3.05) is 20.6 Å². The van der Waals surface area contributed by atoms with Gasteiger partial charge in [0.2, 0.25) is 0 Å². The average molecular weight is 367 g/mol. The first-order valence-electron chi connectivity index (χ1n) is 9.38. The molecule has 2 aromatic rings. The van der Waals surface area contributed by atoms with Gasteiger partial charge in [-0.1, -0.05) is 49.4 Å². The number of hydrogen-bond donors (Lipinski definition) is 3. The van der Waals surface area contributed by atoms with Gasteiger partial charge in [-0.2, -0.15) is 0 Å². The van der Waals surface area contributed by atoms with Crippen LogP contribution >= 0.6 is 0 Å². The van der Waals surface area contributed by atoms with E-state index in [0.717, 1.165) is 24.5 Å². The van der Waals surface area contributed by atoms with Crippen molar-refractivity contribution in [2.45, 2.75) is 32.2 Å². The number of carbonyl (C=O) groups excluding carboxylic acids is 1. The summed E-state index contributed by atoms with van der Waals surface area (Å²) in [6.45, 7) is 5.12. The molecule has 0 spiro atoms. The second-order valence-electron chi connectivity index (χ2n) is 6.66. The number of guanidine groups is 1. The summed E-state index contributed by atoms with van der Waals surface area (Å²) < 4.78 is 0. The molecule has 144 valence electrons. The highest BCUT2D eigenvalue weighted by Gasteiger charge is 2.15. The molecular weight excluding hydrogens is 336 g/mol. The number of benzene rings is 2. The van der Waals surface area contributed by atoms with E-state index in [0.29, 0.717) is 11.5 Å². The monoisotopic (exact) mass is 366 g/mol. The summed E-state index contributed by atoms with van der Waals surface area (Å²) in [6, 6.07) is 18.4. The highest BCUT2D eigenvalue weighted by atomic mass is 16.1. The minimum atomic E-state index is -0.0639. The van der Waals surface area contributed by atoms with Gasteiger partial charge in [-0.3, -0.25) is 9.79 Å². The number of nitrogens with one attached hydrogen (secondary N) is 3. The normalized spacial score (nSPS) is 13.6. The lowest BCUT2D eigenvalue weighted by Crippen LogP contribution is -2.44. The molecule has 5 heteroatoms. The molecule has 0 aliphatic rings. The second kappa shape index (κ2) is 10.4. The van der Waals surface area contributed by atoms with Crippen LogP contribution in [0.25, 0.3) is 0 Å². The molecule has 2 unspecified atom stereocenters. The zero-order valence-corrected chi connectivity index (χ0v) is 16.6. The highest BCUT2D eigenvalue weighted by molar-refractivity contribution is 5.94. The van der Waals surface area contributed by atoms with Crippen LogP contribution in [0.4, 0.5) is 0 Å². The third-order valence-electron chi connectivity index (χ3n) is 4.79. The van der Waals surface area contributed by atoms with Gasteiger partial charge in [0.15, 0.2) is 5.96 Å².